The molecule has 3 rings (SSSR count). The van der Waals surface area contributed by atoms with Crippen LogP contribution in [-0.4, -0.2) is 40.8 Å². The summed E-state index contributed by atoms with van der Waals surface area (Å²) in [6.45, 7) is 6.25. The number of benzene rings is 2. The quantitative estimate of drug-likeness (QED) is 0.285. The van der Waals surface area contributed by atoms with E-state index >= 15 is 0 Å². The fraction of sp³-hybridized carbons (Fsp3) is 0.375. The van der Waals surface area contributed by atoms with Gasteiger partial charge >= 0.3 is 5.97 Å². The highest BCUT2D eigenvalue weighted by molar-refractivity contribution is 7.91. The molecule has 0 saturated carbocycles. The molecule has 0 aliphatic carbocycles. The van der Waals surface area contributed by atoms with Crippen molar-refractivity contribution >= 4 is 15.8 Å². The zero-order valence-corrected chi connectivity index (χ0v) is 20.9. The van der Waals surface area contributed by atoms with Crippen LogP contribution in [0.2, 0.25) is 0 Å². The number of halogens is 2. The molecule has 188 valence electrons. The lowest BCUT2D eigenvalue weighted by atomic mass is 9.90. The van der Waals surface area contributed by atoms with Crippen LogP contribution in [0.25, 0.3) is 0 Å². The number of ether oxygens (including phenoxy) is 1. The van der Waals surface area contributed by atoms with Crippen LogP contribution in [0.15, 0.2) is 43.0 Å². The lowest BCUT2D eigenvalue weighted by Gasteiger charge is -2.31. The van der Waals surface area contributed by atoms with Crippen molar-refractivity contribution in [1.82, 2.24) is 9.78 Å². The Kier molecular flexibility index (Phi) is 7.42. The average Bonchev–Trinajstić information content (AvgIpc) is 3.15. The fourth-order valence-electron chi connectivity index (χ4n) is 4.05. The van der Waals surface area contributed by atoms with E-state index in [2.05, 4.69) is 5.10 Å². The van der Waals surface area contributed by atoms with Gasteiger partial charge in [-0.25, -0.2) is 21.8 Å². The highest BCUT2D eigenvalue weighted by Crippen LogP contribution is 2.33. The van der Waals surface area contributed by atoms with Gasteiger partial charge in [-0.2, -0.15) is 0 Å². The second-order valence-electron chi connectivity index (χ2n) is 8.79. The van der Waals surface area contributed by atoms with Crippen molar-refractivity contribution < 1.29 is 36.4 Å². The van der Waals surface area contributed by atoms with E-state index in [1.54, 1.807) is 10.9 Å². The van der Waals surface area contributed by atoms with Gasteiger partial charge in [0.05, 0.1) is 11.8 Å². The molecule has 11 heteroatoms. The fourth-order valence-corrected chi connectivity index (χ4v) is 4.96. The molecule has 0 bridgehead atoms. The minimum atomic E-state index is -3.81. The van der Waals surface area contributed by atoms with Gasteiger partial charge in [0.2, 0.25) is 6.33 Å². The highest BCUT2D eigenvalue weighted by Gasteiger charge is 2.45. The third-order valence-corrected chi connectivity index (χ3v) is 7.55. The Hall–Kier alpha value is -3.18. The number of hydrogen-bond acceptors (Lipinski definition) is 6. The Morgan fingerprint density at radius 1 is 1.23 bits per heavy atom. The van der Waals surface area contributed by atoms with Crippen LogP contribution < -0.4 is 9.30 Å². The molecule has 0 aliphatic heterocycles. The predicted molar refractivity (Wildman–Crippen MR) is 123 cm³/mol. The van der Waals surface area contributed by atoms with Gasteiger partial charge in [0.25, 0.3) is 6.33 Å². The number of aliphatic hydroxyl groups is 1. The summed E-state index contributed by atoms with van der Waals surface area (Å²) in [6, 6.07) is 6.34. The molecule has 1 N–H and O–H groups in total. The SMILES string of the molecule is CC(=O)Oc1c(C)cc(C[n+]2cnn(C[C@](O)(c3ccc(F)cc3F)[C@@H](C)S(C)(=O)=O)c2)cc1C. The van der Waals surface area contributed by atoms with E-state index in [9.17, 15) is 27.1 Å². The lowest BCUT2D eigenvalue weighted by Crippen LogP contribution is -2.46. The van der Waals surface area contributed by atoms with Crippen LogP contribution in [0.5, 0.6) is 5.75 Å². The van der Waals surface area contributed by atoms with E-state index in [4.69, 9.17) is 4.74 Å². The van der Waals surface area contributed by atoms with Crippen molar-refractivity contribution in [2.75, 3.05) is 6.26 Å². The molecule has 8 nitrogen and oxygen atoms in total. The third kappa shape index (κ3) is 5.91. The summed E-state index contributed by atoms with van der Waals surface area (Å²) in [5.41, 5.74) is -0.0951. The molecule has 0 saturated heterocycles. The normalized spacial score (nSPS) is 14.4. The van der Waals surface area contributed by atoms with Crippen LogP contribution in [0, 0.1) is 25.5 Å². The molecule has 0 radical (unpaired) electrons. The van der Waals surface area contributed by atoms with Gasteiger partial charge in [-0.15, -0.1) is 4.68 Å². The van der Waals surface area contributed by atoms with Gasteiger partial charge < -0.3 is 9.84 Å². The summed E-state index contributed by atoms with van der Waals surface area (Å²) < 4.78 is 60.9. The molecule has 0 aliphatic rings. The van der Waals surface area contributed by atoms with E-state index in [-0.39, 0.29) is 12.1 Å². The average molecular weight is 509 g/mol. The molecule has 0 unspecified atom stereocenters. The van der Waals surface area contributed by atoms with Gasteiger partial charge in [-0.3, -0.25) is 4.79 Å². The van der Waals surface area contributed by atoms with E-state index in [1.807, 2.05) is 26.0 Å². The van der Waals surface area contributed by atoms with Crippen LogP contribution >= 0.6 is 0 Å². The molecular weight excluding hydrogens is 480 g/mol. The van der Waals surface area contributed by atoms with Crippen LogP contribution in [0.3, 0.4) is 0 Å². The van der Waals surface area contributed by atoms with E-state index in [0.717, 1.165) is 35.1 Å². The molecule has 2 atom stereocenters. The maximum absolute atomic E-state index is 14.6. The summed E-state index contributed by atoms with van der Waals surface area (Å²) in [5.74, 6) is -1.80. The van der Waals surface area contributed by atoms with Gasteiger partial charge in [0.15, 0.2) is 9.84 Å². The summed E-state index contributed by atoms with van der Waals surface area (Å²) in [4.78, 5) is 11.3. The number of rotatable bonds is 8. The van der Waals surface area contributed by atoms with Crippen LogP contribution in [-0.2, 0) is 33.3 Å². The Balaban J connectivity index is 1.92. The van der Waals surface area contributed by atoms with Crippen molar-refractivity contribution in [3.63, 3.8) is 0 Å². The number of hydrogen-bond donors (Lipinski definition) is 1. The lowest BCUT2D eigenvalue weighted by molar-refractivity contribution is -0.689. The summed E-state index contributed by atoms with van der Waals surface area (Å²) >= 11 is 0. The molecule has 1 aromatic heterocycles. The van der Waals surface area contributed by atoms with Crippen molar-refractivity contribution in [1.29, 1.82) is 0 Å². The minimum Gasteiger partial charge on any atom is -0.426 e. The van der Waals surface area contributed by atoms with Crippen molar-refractivity contribution in [2.45, 2.75) is 51.6 Å². The number of esters is 1. The Morgan fingerprint density at radius 3 is 2.40 bits per heavy atom. The standard InChI is InChI=1S/C24H28F2N3O5S/c1-15-8-19(9-16(2)23(15)34-18(4)30)11-28-13-27-29(14-28)12-24(31,17(3)35(5,32)33)21-7-6-20(25)10-22(21)26/h6-10,13-14,17,31H,11-12H2,1-5H3/q+1/t17-,24-/m1/s1. The second kappa shape index (κ2) is 9.82. The number of sulfone groups is 1. The largest absolute Gasteiger partial charge is 0.426 e. The molecule has 35 heavy (non-hydrogen) atoms. The number of carbonyl (C=O) groups is 1. The monoisotopic (exact) mass is 508 g/mol. The number of nitrogens with zero attached hydrogens (tertiary/aromatic N) is 3. The molecule has 0 amide bonds. The topological polar surface area (TPSA) is 102 Å². The summed E-state index contributed by atoms with van der Waals surface area (Å²) in [5, 5.41) is 14.2. The van der Waals surface area contributed by atoms with Gasteiger partial charge in [0.1, 0.15) is 29.5 Å². The Bertz CT molecular complexity index is 1350. The van der Waals surface area contributed by atoms with Crippen molar-refractivity contribution in [3.8, 4) is 5.75 Å². The number of aromatic nitrogens is 3. The smallest absolute Gasteiger partial charge is 0.308 e. The van der Waals surface area contributed by atoms with Crippen molar-refractivity contribution in [2.24, 2.45) is 0 Å². The third-order valence-electron chi connectivity index (χ3n) is 5.88. The van der Waals surface area contributed by atoms with Gasteiger partial charge in [-0.05, 0) is 55.7 Å². The highest BCUT2D eigenvalue weighted by atomic mass is 32.2. The van der Waals surface area contributed by atoms with E-state index < -0.39 is 38.3 Å². The molecule has 0 spiro atoms. The minimum absolute atomic E-state index is 0.341. The van der Waals surface area contributed by atoms with Gasteiger partial charge in [0, 0.05) is 29.9 Å². The van der Waals surface area contributed by atoms with Crippen LogP contribution in [0.4, 0.5) is 8.78 Å². The summed E-state index contributed by atoms with van der Waals surface area (Å²) in [7, 11) is -3.81. The summed E-state index contributed by atoms with van der Waals surface area (Å²) in [6.07, 6.45) is 3.97. The predicted octanol–water partition coefficient (Wildman–Crippen LogP) is 2.36. The Morgan fingerprint density at radius 2 is 1.86 bits per heavy atom. The van der Waals surface area contributed by atoms with Crippen LogP contribution in [0.1, 0.15) is 36.1 Å². The first-order valence-corrected chi connectivity index (χ1v) is 12.7. The van der Waals surface area contributed by atoms with E-state index in [1.165, 1.54) is 24.9 Å². The first kappa shape index (κ1) is 26.4. The zero-order valence-electron chi connectivity index (χ0n) is 20.1. The molecule has 2 aromatic carbocycles. The number of carbonyl (C=O) groups excluding carboxylic acids is 1. The van der Waals surface area contributed by atoms with Gasteiger partial charge in [-0.1, -0.05) is 6.07 Å². The first-order chi connectivity index (χ1) is 16.2. The molecular formula is C24H28F2N3O5S+. The van der Waals surface area contributed by atoms with Crippen molar-refractivity contribution in [3.05, 3.63) is 76.9 Å². The first-order valence-electron chi connectivity index (χ1n) is 10.8. The second-order valence-corrected chi connectivity index (χ2v) is 11.2. The Labute approximate surface area is 202 Å². The molecule has 0 fully saturated rings. The molecule has 3 aromatic rings. The number of aryl methyl sites for hydroxylation is 2. The molecule has 1 heterocycles. The van der Waals surface area contributed by atoms with E-state index in [0.29, 0.717) is 18.4 Å². The maximum atomic E-state index is 14.6. The maximum Gasteiger partial charge on any atom is 0.308 e. The zero-order chi connectivity index (χ0) is 26.1.